The fraction of sp³-hybridized carbons (Fsp3) is 0.391. The van der Waals surface area contributed by atoms with Crippen molar-refractivity contribution in [3.8, 4) is 5.00 Å². The Morgan fingerprint density at radius 1 is 1.12 bits per heavy atom. The second kappa shape index (κ2) is 8.42. The van der Waals surface area contributed by atoms with Crippen LogP contribution in [0.4, 0.5) is 0 Å². The molecule has 2 aliphatic heterocycles. The van der Waals surface area contributed by atoms with Gasteiger partial charge in [-0.1, -0.05) is 23.7 Å². The summed E-state index contributed by atoms with van der Waals surface area (Å²) in [6, 6.07) is 7.13. The number of nitrogens with one attached hydrogen (secondary N) is 1. The molecule has 1 saturated heterocycles. The molecule has 9 heteroatoms. The number of benzene rings is 1. The van der Waals surface area contributed by atoms with Crippen LogP contribution in [-0.4, -0.2) is 63.5 Å². The molecule has 7 nitrogen and oxygen atoms in total. The molecule has 1 unspecified atom stereocenters. The predicted octanol–water partition coefficient (Wildman–Crippen LogP) is 3.10. The van der Waals surface area contributed by atoms with Crippen molar-refractivity contribution < 1.29 is 4.79 Å². The summed E-state index contributed by atoms with van der Waals surface area (Å²) in [5.74, 6) is 1.63. The Balaban J connectivity index is 1.73. The lowest BCUT2D eigenvalue weighted by molar-refractivity contribution is -0.133. The molecule has 0 radical (unpaired) electrons. The minimum Gasteiger partial charge on any atom is -0.338 e. The fourth-order valence-corrected chi connectivity index (χ4v) is 5.70. The van der Waals surface area contributed by atoms with Gasteiger partial charge < -0.3 is 10.2 Å². The lowest BCUT2D eigenvalue weighted by Crippen LogP contribution is -2.50. The van der Waals surface area contributed by atoms with Gasteiger partial charge in [0.15, 0.2) is 0 Å². The number of carbonyl (C=O) groups excluding carboxylic acids is 1. The van der Waals surface area contributed by atoms with Crippen molar-refractivity contribution in [1.29, 1.82) is 0 Å². The van der Waals surface area contributed by atoms with E-state index in [1.54, 1.807) is 11.3 Å². The van der Waals surface area contributed by atoms with Crippen LogP contribution in [0.3, 0.4) is 0 Å². The third-order valence-corrected chi connectivity index (χ3v) is 7.64. The lowest BCUT2D eigenvalue weighted by Gasteiger charge is -2.30. The van der Waals surface area contributed by atoms with Crippen LogP contribution in [0.5, 0.6) is 0 Å². The molecule has 0 bridgehead atoms. The first-order valence-corrected chi connectivity index (χ1v) is 12.0. The molecule has 5 rings (SSSR count). The molecular weight excluding hydrogens is 444 g/mol. The highest BCUT2D eigenvalue weighted by molar-refractivity contribution is 7.15. The summed E-state index contributed by atoms with van der Waals surface area (Å²) in [6.07, 6.45) is 0.413. The van der Waals surface area contributed by atoms with Crippen molar-refractivity contribution in [2.45, 2.75) is 33.2 Å². The van der Waals surface area contributed by atoms with E-state index in [9.17, 15) is 4.79 Å². The average molecular weight is 469 g/mol. The van der Waals surface area contributed by atoms with Crippen LogP contribution in [0.15, 0.2) is 29.3 Å². The minimum atomic E-state index is -0.561. The van der Waals surface area contributed by atoms with Gasteiger partial charge in [0.25, 0.3) is 0 Å². The maximum atomic E-state index is 13.6. The number of rotatable bonds is 2. The van der Waals surface area contributed by atoms with Gasteiger partial charge in [-0.3, -0.25) is 14.4 Å². The first-order chi connectivity index (χ1) is 15.4. The largest absolute Gasteiger partial charge is 0.338 e. The van der Waals surface area contributed by atoms with Crippen LogP contribution >= 0.6 is 22.9 Å². The van der Waals surface area contributed by atoms with E-state index in [4.69, 9.17) is 16.6 Å². The Kier molecular flexibility index (Phi) is 5.61. The molecule has 0 spiro atoms. The molecule has 32 heavy (non-hydrogen) atoms. The zero-order valence-corrected chi connectivity index (χ0v) is 19.9. The van der Waals surface area contributed by atoms with Crippen LogP contribution in [0.25, 0.3) is 5.00 Å². The molecule has 3 aromatic rings. The molecule has 2 aromatic heterocycles. The van der Waals surface area contributed by atoms with Crippen molar-refractivity contribution >= 4 is 34.6 Å². The van der Waals surface area contributed by atoms with Gasteiger partial charge in [0.2, 0.25) is 5.91 Å². The van der Waals surface area contributed by atoms with E-state index in [1.807, 2.05) is 36.1 Å². The summed E-state index contributed by atoms with van der Waals surface area (Å²) >= 11 is 7.89. The smallest absolute Gasteiger partial charge is 0.247 e. The topological polar surface area (TPSA) is 75.4 Å². The number of aryl methyl sites for hydroxylation is 2. The summed E-state index contributed by atoms with van der Waals surface area (Å²) in [5, 5.41) is 13.8. The Labute approximate surface area is 196 Å². The first kappa shape index (κ1) is 21.3. The molecule has 0 saturated carbocycles. The quantitative estimate of drug-likeness (QED) is 0.627. The SMILES string of the molecule is Cc1sc2c(c1C)C(c1ccc(Cl)cc1)=NC(C(=O)N1CCNCC1)Cc1nnc(C)n1-2. The molecular formula is C23H25ClN6OS. The van der Waals surface area contributed by atoms with Crippen LogP contribution in [0.1, 0.15) is 33.2 Å². The lowest BCUT2D eigenvalue weighted by atomic mass is 9.98. The van der Waals surface area contributed by atoms with Gasteiger partial charge in [0.1, 0.15) is 22.7 Å². The number of aliphatic imine (C=N–C) groups is 1. The summed E-state index contributed by atoms with van der Waals surface area (Å²) in [4.78, 5) is 21.8. The van der Waals surface area contributed by atoms with E-state index in [1.165, 1.54) is 4.88 Å². The maximum absolute atomic E-state index is 13.6. The van der Waals surface area contributed by atoms with Gasteiger partial charge >= 0.3 is 0 Å². The van der Waals surface area contributed by atoms with Gasteiger partial charge in [-0.05, 0) is 38.5 Å². The molecule has 1 aromatic carbocycles. The molecule has 4 heterocycles. The molecule has 1 amide bonds. The maximum Gasteiger partial charge on any atom is 0.247 e. The Morgan fingerprint density at radius 3 is 2.56 bits per heavy atom. The Hall–Kier alpha value is -2.55. The van der Waals surface area contributed by atoms with Crippen molar-refractivity contribution in [2.24, 2.45) is 4.99 Å². The number of aromatic nitrogens is 3. The minimum absolute atomic E-state index is 0.0400. The number of hydrogen-bond acceptors (Lipinski definition) is 6. The number of fused-ring (bicyclic) bond motifs is 3. The predicted molar refractivity (Wildman–Crippen MR) is 127 cm³/mol. The Morgan fingerprint density at radius 2 is 1.84 bits per heavy atom. The van der Waals surface area contributed by atoms with Crippen LogP contribution in [-0.2, 0) is 11.2 Å². The van der Waals surface area contributed by atoms with E-state index in [2.05, 4.69) is 33.9 Å². The third-order valence-electron chi connectivity index (χ3n) is 6.19. The molecule has 1 N–H and O–H groups in total. The van der Waals surface area contributed by atoms with Gasteiger partial charge in [0, 0.05) is 53.6 Å². The third kappa shape index (κ3) is 3.66. The van der Waals surface area contributed by atoms with Gasteiger partial charge in [0.05, 0.1) is 5.71 Å². The summed E-state index contributed by atoms with van der Waals surface area (Å²) in [7, 11) is 0. The van der Waals surface area contributed by atoms with E-state index in [0.29, 0.717) is 24.5 Å². The zero-order chi connectivity index (χ0) is 22.4. The number of piperazine rings is 1. The summed E-state index contributed by atoms with van der Waals surface area (Å²) in [5.41, 5.74) is 3.97. The van der Waals surface area contributed by atoms with Gasteiger partial charge in [-0.25, -0.2) is 0 Å². The number of halogens is 1. The number of carbonyl (C=O) groups is 1. The van der Waals surface area contributed by atoms with Gasteiger partial charge in [-0.2, -0.15) is 0 Å². The van der Waals surface area contributed by atoms with E-state index in [0.717, 1.165) is 52.1 Å². The highest BCUT2D eigenvalue weighted by Gasteiger charge is 2.33. The van der Waals surface area contributed by atoms with Crippen LogP contribution < -0.4 is 5.32 Å². The Bertz CT molecular complexity index is 1210. The summed E-state index contributed by atoms with van der Waals surface area (Å²) < 4.78 is 2.10. The van der Waals surface area contributed by atoms with Crippen molar-refractivity contribution in [3.05, 3.63) is 62.5 Å². The molecule has 166 valence electrons. The number of amides is 1. The van der Waals surface area contributed by atoms with Crippen molar-refractivity contribution in [3.63, 3.8) is 0 Å². The highest BCUT2D eigenvalue weighted by atomic mass is 35.5. The molecule has 2 aliphatic rings. The van der Waals surface area contributed by atoms with Gasteiger partial charge in [-0.15, -0.1) is 21.5 Å². The van der Waals surface area contributed by atoms with Crippen molar-refractivity contribution in [1.82, 2.24) is 25.0 Å². The fourth-order valence-electron chi connectivity index (χ4n) is 4.35. The molecule has 0 aliphatic carbocycles. The normalized spacial score (nSPS) is 18.4. The standard InChI is InChI=1S/C23H25ClN6OS/c1-13-14(2)32-23-20(13)21(16-4-6-17(24)7-5-16)26-18(12-19-28-27-15(3)30(19)23)22(31)29-10-8-25-9-11-29/h4-7,18,25H,8-12H2,1-3H3. The molecule has 1 fully saturated rings. The first-order valence-electron chi connectivity index (χ1n) is 10.8. The second-order valence-corrected chi connectivity index (χ2v) is 9.88. The average Bonchev–Trinajstić information content (AvgIpc) is 3.28. The highest BCUT2D eigenvalue weighted by Crippen LogP contribution is 2.36. The van der Waals surface area contributed by atoms with E-state index < -0.39 is 6.04 Å². The number of hydrogen-bond donors (Lipinski definition) is 1. The second-order valence-electron chi connectivity index (χ2n) is 8.24. The molecule has 1 atom stereocenters. The number of thiophene rings is 1. The number of nitrogens with zero attached hydrogens (tertiary/aromatic N) is 5. The van der Waals surface area contributed by atoms with Crippen LogP contribution in [0, 0.1) is 20.8 Å². The van der Waals surface area contributed by atoms with Crippen molar-refractivity contribution in [2.75, 3.05) is 26.2 Å². The zero-order valence-electron chi connectivity index (χ0n) is 18.4. The monoisotopic (exact) mass is 468 g/mol. The summed E-state index contributed by atoms with van der Waals surface area (Å²) in [6.45, 7) is 9.17. The van der Waals surface area contributed by atoms with E-state index >= 15 is 0 Å². The van der Waals surface area contributed by atoms with E-state index in [-0.39, 0.29) is 5.91 Å². The van der Waals surface area contributed by atoms with Crippen LogP contribution in [0.2, 0.25) is 5.02 Å².